The Kier molecular flexibility index (Phi) is 3.95. The molecule has 1 aromatic rings. The Bertz CT molecular complexity index is 382. The van der Waals surface area contributed by atoms with Gasteiger partial charge in [0.2, 0.25) is 0 Å². The van der Waals surface area contributed by atoms with Crippen molar-refractivity contribution in [2.45, 2.75) is 32.7 Å². The Morgan fingerprint density at radius 2 is 2.00 bits per heavy atom. The molecule has 0 bridgehead atoms. The molecule has 0 aliphatic carbocycles. The molecule has 0 amide bonds. The molecular formula is C14H21ClN2. The van der Waals surface area contributed by atoms with Gasteiger partial charge in [-0.2, -0.15) is 0 Å². The van der Waals surface area contributed by atoms with E-state index in [-0.39, 0.29) is 6.04 Å². The van der Waals surface area contributed by atoms with E-state index in [1.807, 2.05) is 13.0 Å². The summed E-state index contributed by atoms with van der Waals surface area (Å²) in [4.78, 5) is 2.38. The van der Waals surface area contributed by atoms with E-state index in [9.17, 15) is 0 Å². The van der Waals surface area contributed by atoms with Crippen LogP contribution < -0.4 is 10.6 Å². The van der Waals surface area contributed by atoms with E-state index in [4.69, 9.17) is 17.3 Å². The molecule has 3 heteroatoms. The molecule has 1 aromatic carbocycles. The van der Waals surface area contributed by atoms with Crippen LogP contribution in [0.5, 0.6) is 0 Å². The lowest BCUT2D eigenvalue weighted by Crippen LogP contribution is -2.32. The van der Waals surface area contributed by atoms with Crippen LogP contribution in [0.15, 0.2) is 18.2 Å². The highest BCUT2D eigenvalue weighted by atomic mass is 35.5. The Morgan fingerprint density at radius 1 is 1.35 bits per heavy atom. The molecule has 2 rings (SSSR count). The first kappa shape index (κ1) is 12.7. The van der Waals surface area contributed by atoms with E-state index in [0.29, 0.717) is 0 Å². The maximum Gasteiger partial charge on any atom is 0.0642 e. The summed E-state index contributed by atoms with van der Waals surface area (Å²) < 4.78 is 0. The molecule has 1 aliphatic heterocycles. The molecule has 1 heterocycles. The Balaban J connectivity index is 2.16. The number of rotatable bonds is 2. The smallest absolute Gasteiger partial charge is 0.0642 e. The normalized spacial score (nSPS) is 19.4. The lowest BCUT2D eigenvalue weighted by atomic mass is 9.98. The summed E-state index contributed by atoms with van der Waals surface area (Å²) >= 11 is 6.35. The highest BCUT2D eigenvalue weighted by Crippen LogP contribution is 2.31. The van der Waals surface area contributed by atoms with Gasteiger partial charge in [-0.3, -0.25) is 0 Å². The van der Waals surface area contributed by atoms with Gasteiger partial charge in [0, 0.05) is 19.1 Å². The molecule has 0 aromatic heterocycles. The Labute approximate surface area is 109 Å². The molecule has 0 unspecified atom stereocenters. The van der Waals surface area contributed by atoms with Gasteiger partial charge in [-0.05, 0) is 43.4 Å². The van der Waals surface area contributed by atoms with Crippen LogP contribution >= 0.6 is 11.6 Å². The number of benzene rings is 1. The van der Waals surface area contributed by atoms with Crippen molar-refractivity contribution in [3.8, 4) is 0 Å². The van der Waals surface area contributed by atoms with Crippen molar-refractivity contribution >= 4 is 17.3 Å². The molecule has 94 valence electrons. The third kappa shape index (κ3) is 2.93. The summed E-state index contributed by atoms with van der Waals surface area (Å²) in [6.07, 6.45) is 2.51. The third-order valence-corrected chi connectivity index (χ3v) is 3.92. The molecular weight excluding hydrogens is 232 g/mol. The molecule has 1 aliphatic rings. The maximum absolute atomic E-state index is 6.35. The number of halogens is 1. The minimum absolute atomic E-state index is 0.0444. The Hall–Kier alpha value is -0.730. The monoisotopic (exact) mass is 252 g/mol. The number of nitrogens with two attached hydrogens (primary N) is 1. The zero-order chi connectivity index (χ0) is 12.4. The minimum Gasteiger partial charge on any atom is -0.370 e. The van der Waals surface area contributed by atoms with Gasteiger partial charge in [-0.1, -0.05) is 24.6 Å². The van der Waals surface area contributed by atoms with Crippen LogP contribution in [0, 0.1) is 5.92 Å². The van der Waals surface area contributed by atoms with E-state index < -0.39 is 0 Å². The van der Waals surface area contributed by atoms with Gasteiger partial charge >= 0.3 is 0 Å². The fourth-order valence-corrected chi connectivity index (χ4v) is 2.62. The summed E-state index contributed by atoms with van der Waals surface area (Å²) in [6.45, 7) is 6.52. The highest BCUT2D eigenvalue weighted by molar-refractivity contribution is 6.33. The van der Waals surface area contributed by atoms with E-state index >= 15 is 0 Å². The second-order valence-electron chi connectivity index (χ2n) is 5.17. The number of anilines is 1. The number of nitrogens with zero attached hydrogens (tertiary/aromatic N) is 1. The first-order valence-corrected chi connectivity index (χ1v) is 6.75. The van der Waals surface area contributed by atoms with Gasteiger partial charge in [0.15, 0.2) is 0 Å². The van der Waals surface area contributed by atoms with Crippen LogP contribution in [0.2, 0.25) is 5.02 Å². The van der Waals surface area contributed by atoms with Crippen LogP contribution in [0.4, 0.5) is 5.69 Å². The van der Waals surface area contributed by atoms with Crippen LogP contribution in [0.3, 0.4) is 0 Å². The van der Waals surface area contributed by atoms with E-state index in [1.165, 1.54) is 12.8 Å². The number of hydrogen-bond acceptors (Lipinski definition) is 2. The summed E-state index contributed by atoms with van der Waals surface area (Å²) in [6, 6.07) is 6.24. The van der Waals surface area contributed by atoms with Crippen molar-refractivity contribution in [3.05, 3.63) is 28.8 Å². The fraction of sp³-hybridized carbons (Fsp3) is 0.571. The number of hydrogen-bond donors (Lipinski definition) is 1. The Morgan fingerprint density at radius 3 is 2.53 bits per heavy atom. The van der Waals surface area contributed by atoms with Crippen LogP contribution in [-0.2, 0) is 0 Å². The van der Waals surface area contributed by atoms with Crippen molar-refractivity contribution in [3.63, 3.8) is 0 Å². The molecule has 1 fully saturated rings. The van der Waals surface area contributed by atoms with Gasteiger partial charge in [-0.15, -0.1) is 0 Å². The third-order valence-electron chi connectivity index (χ3n) is 3.62. The summed E-state index contributed by atoms with van der Waals surface area (Å²) in [5, 5.41) is 0.828. The van der Waals surface area contributed by atoms with Crippen LogP contribution in [0.1, 0.15) is 38.3 Å². The van der Waals surface area contributed by atoms with E-state index in [1.54, 1.807) is 0 Å². The molecule has 17 heavy (non-hydrogen) atoms. The predicted octanol–water partition coefficient (Wildman–Crippen LogP) is 3.60. The van der Waals surface area contributed by atoms with Crippen LogP contribution in [0.25, 0.3) is 0 Å². The topological polar surface area (TPSA) is 29.3 Å². The summed E-state index contributed by atoms with van der Waals surface area (Å²) in [7, 11) is 0. The molecule has 2 N–H and O–H groups in total. The second-order valence-corrected chi connectivity index (χ2v) is 5.58. The predicted molar refractivity (Wildman–Crippen MR) is 74.7 cm³/mol. The minimum atomic E-state index is 0.0444. The molecule has 0 saturated carbocycles. The SMILES string of the molecule is CC1CCN(c2ccc([C@H](C)N)cc2Cl)CC1. The van der Waals surface area contributed by atoms with E-state index in [0.717, 1.165) is 35.3 Å². The molecule has 0 radical (unpaired) electrons. The average Bonchev–Trinajstić information content (AvgIpc) is 2.30. The van der Waals surface area contributed by atoms with Gasteiger partial charge in [0.05, 0.1) is 10.7 Å². The quantitative estimate of drug-likeness (QED) is 0.872. The number of piperidine rings is 1. The zero-order valence-corrected chi connectivity index (χ0v) is 11.4. The lowest BCUT2D eigenvalue weighted by Gasteiger charge is -2.33. The molecule has 1 atom stereocenters. The van der Waals surface area contributed by atoms with Crippen molar-refractivity contribution in [2.75, 3.05) is 18.0 Å². The zero-order valence-electron chi connectivity index (χ0n) is 10.6. The second kappa shape index (κ2) is 5.28. The van der Waals surface area contributed by atoms with Gasteiger partial charge in [0.1, 0.15) is 0 Å². The van der Waals surface area contributed by atoms with Crippen molar-refractivity contribution in [1.82, 2.24) is 0 Å². The molecule has 1 saturated heterocycles. The lowest BCUT2D eigenvalue weighted by molar-refractivity contribution is 0.438. The standard InChI is InChI=1S/C14H21ClN2/c1-10-5-7-17(8-6-10)14-4-3-12(11(2)16)9-13(14)15/h3-4,9-11H,5-8,16H2,1-2H3/t11-/m0/s1. The first-order chi connectivity index (χ1) is 8.08. The van der Waals surface area contributed by atoms with Crippen LogP contribution in [-0.4, -0.2) is 13.1 Å². The van der Waals surface area contributed by atoms with Crippen molar-refractivity contribution in [1.29, 1.82) is 0 Å². The summed E-state index contributed by atoms with van der Waals surface area (Å²) in [5.74, 6) is 0.841. The largest absolute Gasteiger partial charge is 0.370 e. The molecule has 0 spiro atoms. The van der Waals surface area contributed by atoms with Gasteiger partial charge in [-0.25, -0.2) is 0 Å². The van der Waals surface area contributed by atoms with E-state index in [2.05, 4.69) is 24.0 Å². The highest BCUT2D eigenvalue weighted by Gasteiger charge is 2.18. The average molecular weight is 253 g/mol. The van der Waals surface area contributed by atoms with Crippen molar-refractivity contribution < 1.29 is 0 Å². The maximum atomic E-state index is 6.35. The van der Waals surface area contributed by atoms with Crippen molar-refractivity contribution in [2.24, 2.45) is 11.7 Å². The molecule has 2 nitrogen and oxygen atoms in total. The van der Waals surface area contributed by atoms with Gasteiger partial charge in [0.25, 0.3) is 0 Å². The summed E-state index contributed by atoms with van der Waals surface area (Å²) in [5.41, 5.74) is 8.11. The fourth-order valence-electron chi connectivity index (χ4n) is 2.31. The van der Waals surface area contributed by atoms with Gasteiger partial charge < -0.3 is 10.6 Å². The first-order valence-electron chi connectivity index (χ1n) is 6.38.